The standard InChI is InChI=1S/C31H26N4O2S/c1-21-18-19-26(37-2)25(20-21)32-30(36)29(24-16-10-5-11-17-24)38-31-33-27(22-12-6-3-7-13-22)28(34-35-31)23-14-8-4-9-15-23/h3-20,29H,1-2H3,(H,32,36). The molecule has 1 aromatic heterocycles. The molecule has 0 aliphatic rings. The number of hydrogen-bond donors (Lipinski definition) is 1. The molecular weight excluding hydrogens is 492 g/mol. The Morgan fingerprint density at radius 2 is 1.39 bits per heavy atom. The molecule has 1 unspecified atom stereocenters. The molecule has 0 saturated heterocycles. The minimum Gasteiger partial charge on any atom is -0.495 e. The lowest BCUT2D eigenvalue weighted by Gasteiger charge is -2.18. The number of carbonyl (C=O) groups excluding carboxylic acids is 1. The Kier molecular flexibility index (Phi) is 7.75. The van der Waals surface area contributed by atoms with Gasteiger partial charge in [0.25, 0.3) is 0 Å². The van der Waals surface area contributed by atoms with E-state index in [-0.39, 0.29) is 5.91 Å². The van der Waals surface area contributed by atoms with Gasteiger partial charge < -0.3 is 10.1 Å². The van der Waals surface area contributed by atoms with Crippen LogP contribution in [0.4, 0.5) is 5.69 Å². The van der Waals surface area contributed by atoms with E-state index in [1.807, 2.05) is 116 Å². The second-order valence-corrected chi connectivity index (χ2v) is 9.70. The Labute approximate surface area is 226 Å². The average molecular weight is 519 g/mol. The van der Waals surface area contributed by atoms with Gasteiger partial charge in [-0.25, -0.2) is 4.98 Å². The van der Waals surface area contributed by atoms with Crippen LogP contribution in [0.25, 0.3) is 22.5 Å². The van der Waals surface area contributed by atoms with Gasteiger partial charge >= 0.3 is 0 Å². The third kappa shape index (κ3) is 5.74. The van der Waals surface area contributed by atoms with Crippen LogP contribution >= 0.6 is 11.8 Å². The number of carbonyl (C=O) groups is 1. The molecule has 5 aromatic rings. The van der Waals surface area contributed by atoms with E-state index >= 15 is 0 Å². The van der Waals surface area contributed by atoms with Crippen molar-refractivity contribution in [2.45, 2.75) is 17.3 Å². The number of rotatable bonds is 8. The summed E-state index contributed by atoms with van der Waals surface area (Å²) in [7, 11) is 1.59. The topological polar surface area (TPSA) is 77.0 Å². The Morgan fingerprint density at radius 1 is 0.789 bits per heavy atom. The lowest BCUT2D eigenvalue weighted by Crippen LogP contribution is -2.20. The van der Waals surface area contributed by atoms with Gasteiger partial charge in [-0.15, -0.1) is 10.2 Å². The maximum absolute atomic E-state index is 13.7. The third-order valence-corrected chi connectivity index (χ3v) is 7.04. The maximum Gasteiger partial charge on any atom is 0.242 e. The van der Waals surface area contributed by atoms with E-state index in [1.165, 1.54) is 11.8 Å². The van der Waals surface area contributed by atoms with Crippen LogP contribution in [-0.4, -0.2) is 28.2 Å². The Morgan fingerprint density at radius 3 is 2.03 bits per heavy atom. The molecule has 6 nitrogen and oxygen atoms in total. The predicted octanol–water partition coefficient (Wildman–Crippen LogP) is 6.99. The Hall–Kier alpha value is -4.49. The number of aryl methyl sites for hydroxylation is 1. The van der Waals surface area contributed by atoms with Crippen molar-refractivity contribution in [2.24, 2.45) is 0 Å². The smallest absolute Gasteiger partial charge is 0.242 e. The van der Waals surface area contributed by atoms with Crippen molar-refractivity contribution >= 4 is 23.4 Å². The van der Waals surface area contributed by atoms with Crippen molar-refractivity contribution in [3.63, 3.8) is 0 Å². The van der Waals surface area contributed by atoms with Crippen molar-refractivity contribution < 1.29 is 9.53 Å². The van der Waals surface area contributed by atoms with E-state index in [2.05, 4.69) is 15.5 Å². The molecule has 0 saturated carbocycles. The van der Waals surface area contributed by atoms with Crippen molar-refractivity contribution in [2.75, 3.05) is 12.4 Å². The fourth-order valence-electron chi connectivity index (χ4n) is 4.07. The molecule has 0 bridgehead atoms. The Balaban J connectivity index is 1.53. The molecule has 7 heteroatoms. The zero-order valence-electron chi connectivity index (χ0n) is 21.0. The summed E-state index contributed by atoms with van der Waals surface area (Å²) in [5.41, 5.74) is 5.70. The van der Waals surface area contributed by atoms with E-state index in [1.54, 1.807) is 7.11 Å². The van der Waals surface area contributed by atoms with Gasteiger partial charge in [0, 0.05) is 11.1 Å². The summed E-state index contributed by atoms with van der Waals surface area (Å²) >= 11 is 1.26. The number of methoxy groups -OCH3 is 1. The fourth-order valence-corrected chi connectivity index (χ4v) is 4.97. The van der Waals surface area contributed by atoms with E-state index in [9.17, 15) is 4.79 Å². The fraction of sp³-hybridized carbons (Fsp3) is 0.0968. The normalized spacial score (nSPS) is 11.5. The SMILES string of the molecule is COc1ccc(C)cc1NC(=O)C(Sc1nnc(-c2ccccc2)c(-c2ccccc2)n1)c1ccccc1. The molecule has 188 valence electrons. The minimum atomic E-state index is -0.616. The largest absolute Gasteiger partial charge is 0.495 e. The highest BCUT2D eigenvalue weighted by molar-refractivity contribution is 8.00. The highest BCUT2D eigenvalue weighted by Crippen LogP contribution is 2.37. The molecule has 1 N–H and O–H groups in total. The predicted molar refractivity (Wildman–Crippen MR) is 152 cm³/mol. The van der Waals surface area contributed by atoms with Gasteiger partial charge in [-0.2, -0.15) is 0 Å². The number of benzene rings is 4. The van der Waals surface area contributed by atoms with Gasteiger partial charge in [-0.05, 0) is 30.2 Å². The number of nitrogens with zero attached hydrogens (tertiary/aromatic N) is 3. The van der Waals surface area contributed by atoms with Crippen LogP contribution < -0.4 is 10.1 Å². The number of anilines is 1. The summed E-state index contributed by atoms with van der Waals surface area (Å²) in [5, 5.41) is 11.8. The molecular formula is C31H26N4O2S. The lowest BCUT2D eigenvalue weighted by molar-refractivity contribution is -0.115. The molecule has 1 atom stereocenters. The zero-order chi connectivity index (χ0) is 26.3. The number of ether oxygens (including phenoxy) is 1. The molecule has 0 aliphatic carbocycles. The summed E-state index contributed by atoms with van der Waals surface area (Å²) in [4.78, 5) is 18.6. The first-order valence-corrected chi connectivity index (χ1v) is 13.0. The number of thioether (sulfide) groups is 1. The first-order chi connectivity index (χ1) is 18.6. The van der Waals surface area contributed by atoms with Crippen LogP contribution in [0.5, 0.6) is 5.75 Å². The van der Waals surface area contributed by atoms with Crippen molar-refractivity contribution in [3.05, 3.63) is 120 Å². The molecule has 0 fully saturated rings. The second-order valence-electron chi connectivity index (χ2n) is 8.63. The van der Waals surface area contributed by atoms with Crippen molar-refractivity contribution in [3.8, 4) is 28.3 Å². The van der Waals surface area contributed by atoms with Crippen LogP contribution in [0, 0.1) is 6.92 Å². The van der Waals surface area contributed by atoms with Gasteiger partial charge in [0.15, 0.2) is 0 Å². The first-order valence-electron chi connectivity index (χ1n) is 12.1. The highest BCUT2D eigenvalue weighted by atomic mass is 32.2. The van der Waals surface area contributed by atoms with Crippen molar-refractivity contribution in [1.82, 2.24) is 15.2 Å². The number of amides is 1. The maximum atomic E-state index is 13.7. The van der Waals surface area contributed by atoms with Crippen molar-refractivity contribution in [1.29, 1.82) is 0 Å². The van der Waals surface area contributed by atoms with Gasteiger partial charge in [0.2, 0.25) is 11.1 Å². The molecule has 0 spiro atoms. The van der Waals surface area contributed by atoms with Crippen LogP contribution in [0.2, 0.25) is 0 Å². The van der Waals surface area contributed by atoms with Crippen LogP contribution in [0.3, 0.4) is 0 Å². The zero-order valence-corrected chi connectivity index (χ0v) is 21.9. The van der Waals surface area contributed by atoms with Gasteiger partial charge in [0.05, 0.1) is 12.8 Å². The summed E-state index contributed by atoms with van der Waals surface area (Å²) in [5.74, 6) is 0.388. The van der Waals surface area contributed by atoms with Crippen LogP contribution in [-0.2, 0) is 4.79 Å². The minimum absolute atomic E-state index is 0.206. The lowest BCUT2D eigenvalue weighted by atomic mass is 10.0. The average Bonchev–Trinajstić information content (AvgIpc) is 2.97. The van der Waals surface area contributed by atoms with Gasteiger partial charge in [-0.1, -0.05) is 109 Å². The highest BCUT2D eigenvalue weighted by Gasteiger charge is 2.26. The van der Waals surface area contributed by atoms with Gasteiger partial charge in [0.1, 0.15) is 22.4 Å². The monoisotopic (exact) mass is 518 g/mol. The molecule has 1 heterocycles. The molecule has 0 aliphatic heterocycles. The summed E-state index contributed by atoms with van der Waals surface area (Å²) in [6.07, 6.45) is 0. The van der Waals surface area contributed by atoms with E-state index in [0.29, 0.717) is 28.0 Å². The first kappa shape index (κ1) is 25.2. The molecule has 38 heavy (non-hydrogen) atoms. The molecule has 5 rings (SSSR count). The van der Waals surface area contributed by atoms with E-state index in [0.717, 1.165) is 22.3 Å². The van der Waals surface area contributed by atoms with E-state index in [4.69, 9.17) is 9.72 Å². The number of hydrogen-bond acceptors (Lipinski definition) is 6. The quantitative estimate of drug-likeness (QED) is 0.223. The molecule has 4 aromatic carbocycles. The second kappa shape index (κ2) is 11.7. The number of aromatic nitrogens is 3. The molecule has 0 radical (unpaired) electrons. The summed E-state index contributed by atoms with van der Waals surface area (Å²) in [6, 6.07) is 35.0. The van der Waals surface area contributed by atoms with Gasteiger partial charge in [-0.3, -0.25) is 4.79 Å². The Bertz CT molecular complexity index is 1530. The van der Waals surface area contributed by atoms with Crippen LogP contribution in [0.15, 0.2) is 114 Å². The molecule has 1 amide bonds. The number of nitrogens with one attached hydrogen (secondary N) is 1. The summed E-state index contributed by atoms with van der Waals surface area (Å²) < 4.78 is 5.47. The third-order valence-electron chi connectivity index (χ3n) is 5.94. The summed E-state index contributed by atoms with van der Waals surface area (Å²) in [6.45, 7) is 1.97. The van der Waals surface area contributed by atoms with E-state index < -0.39 is 5.25 Å². The van der Waals surface area contributed by atoms with Crippen LogP contribution in [0.1, 0.15) is 16.4 Å².